The first-order valence-corrected chi connectivity index (χ1v) is 4.62. The minimum atomic E-state index is -4.23. The van der Waals surface area contributed by atoms with Gasteiger partial charge in [0.15, 0.2) is 0 Å². The van der Waals surface area contributed by atoms with Crippen molar-refractivity contribution in [3.8, 4) is 0 Å². The number of amides is 1. The Morgan fingerprint density at radius 1 is 1.29 bits per heavy atom. The Balaban J connectivity index is 2.59. The standard InChI is InChI=1S/C10H10F4N2O/c11-9(12)10(13,14)5-16-8(17)6-1-3-7(15)4-2-6/h1-4,9H,5,15H2,(H,16,17). The van der Waals surface area contributed by atoms with Gasteiger partial charge < -0.3 is 11.1 Å². The largest absolute Gasteiger partial charge is 0.399 e. The first-order chi connectivity index (χ1) is 7.83. The minimum absolute atomic E-state index is 0.0734. The van der Waals surface area contributed by atoms with Crippen molar-refractivity contribution in [1.82, 2.24) is 5.32 Å². The van der Waals surface area contributed by atoms with E-state index in [2.05, 4.69) is 0 Å². The van der Waals surface area contributed by atoms with Crippen LogP contribution in [0, 0.1) is 0 Å². The number of carbonyl (C=O) groups is 1. The van der Waals surface area contributed by atoms with Crippen molar-refractivity contribution < 1.29 is 22.4 Å². The molecule has 3 nitrogen and oxygen atoms in total. The number of rotatable bonds is 4. The maximum atomic E-state index is 12.5. The van der Waals surface area contributed by atoms with Crippen LogP contribution >= 0.6 is 0 Å². The molecule has 0 spiro atoms. The van der Waals surface area contributed by atoms with Gasteiger partial charge in [-0.3, -0.25) is 4.79 Å². The summed E-state index contributed by atoms with van der Waals surface area (Å²) >= 11 is 0. The molecular weight excluding hydrogens is 240 g/mol. The van der Waals surface area contributed by atoms with Gasteiger partial charge in [-0.2, -0.15) is 8.78 Å². The summed E-state index contributed by atoms with van der Waals surface area (Å²) in [6, 6.07) is 5.43. The number of hydrogen-bond acceptors (Lipinski definition) is 2. The van der Waals surface area contributed by atoms with E-state index in [4.69, 9.17) is 5.73 Å². The summed E-state index contributed by atoms with van der Waals surface area (Å²) < 4.78 is 48.6. The zero-order valence-electron chi connectivity index (χ0n) is 8.59. The predicted octanol–water partition coefficient (Wildman–Crippen LogP) is 1.90. The molecule has 17 heavy (non-hydrogen) atoms. The molecule has 1 rings (SSSR count). The van der Waals surface area contributed by atoms with Crippen LogP contribution < -0.4 is 11.1 Å². The lowest BCUT2D eigenvalue weighted by atomic mass is 10.2. The molecule has 0 atom stereocenters. The zero-order valence-corrected chi connectivity index (χ0v) is 8.59. The van der Waals surface area contributed by atoms with Crippen LogP contribution in [0.15, 0.2) is 24.3 Å². The Labute approximate surface area is 94.6 Å². The van der Waals surface area contributed by atoms with Crippen LogP contribution in [0.4, 0.5) is 23.2 Å². The second-order valence-electron chi connectivity index (χ2n) is 3.37. The Hall–Kier alpha value is -1.79. The van der Waals surface area contributed by atoms with E-state index < -0.39 is 24.8 Å². The fraction of sp³-hybridized carbons (Fsp3) is 0.300. The second-order valence-corrected chi connectivity index (χ2v) is 3.37. The topological polar surface area (TPSA) is 55.1 Å². The van der Waals surface area contributed by atoms with E-state index in [1.807, 2.05) is 0 Å². The van der Waals surface area contributed by atoms with Gasteiger partial charge in [-0.15, -0.1) is 0 Å². The van der Waals surface area contributed by atoms with E-state index in [1.165, 1.54) is 24.3 Å². The van der Waals surface area contributed by atoms with Gasteiger partial charge in [0.2, 0.25) is 0 Å². The van der Waals surface area contributed by atoms with Gasteiger partial charge >= 0.3 is 12.3 Å². The maximum Gasteiger partial charge on any atom is 0.324 e. The number of hydrogen-bond donors (Lipinski definition) is 2. The lowest BCUT2D eigenvalue weighted by molar-refractivity contribution is -0.123. The molecule has 0 saturated heterocycles. The molecule has 7 heteroatoms. The van der Waals surface area contributed by atoms with Crippen molar-refractivity contribution in [2.75, 3.05) is 12.3 Å². The number of anilines is 1. The number of carbonyl (C=O) groups excluding carboxylic acids is 1. The zero-order chi connectivity index (χ0) is 13.1. The average Bonchev–Trinajstić information content (AvgIpc) is 2.27. The Bertz CT molecular complexity index is 392. The van der Waals surface area contributed by atoms with E-state index in [1.54, 1.807) is 5.32 Å². The normalized spacial score (nSPS) is 11.6. The van der Waals surface area contributed by atoms with E-state index >= 15 is 0 Å². The van der Waals surface area contributed by atoms with Crippen LogP contribution in [0.3, 0.4) is 0 Å². The van der Waals surface area contributed by atoms with Gasteiger partial charge in [0.1, 0.15) is 0 Å². The third-order valence-electron chi connectivity index (χ3n) is 1.98. The van der Waals surface area contributed by atoms with Crippen LogP contribution in [0.5, 0.6) is 0 Å². The molecule has 0 aliphatic carbocycles. The molecule has 0 saturated carbocycles. The fourth-order valence-corrected chi connectivity index (χ4v) is 1.01. The number of benzene rings is 1. The van der Waals surface area contributed by atoms with Crippen LogP contribution in [-0.2, 0) is 0 Å². The highest BCUT2D eigenvalue weighted by atomic mass is 19.3. The monoisotopic (exact) mass is 250 g/mol. The molecule has 1 amide bonds. The quantitative estimate of drug-likeness (QED) is 0.633. The highest BCUT2D eigenvalue weighted by Crippen LogP contribution is 2.21. The van der Waals surface area contributed by atoms with Gasteiger partial charge in [-0.25, -0.2) is 8.78 Å². The van der Waals surface area contributed by atoms with Crippen LogP contribution in [0.25, 0.3) is 0 Å². The first kappa shape index (κ1) is 13.3. The highest BCUT2D eigenvalue weighted by molar-refractivity contribution is 5.94. The lowest BCUT2D eigenvalue weighted by Crippen LogP contribution is -2.41. The summed E-state index contributed by atoms with van der Waals surface area (Å²) in [5, 5.41) is 1.73. The Kier molecular flexibility index (Phi) is 3.93. The third-order valence-corrected chi connectivity index (χ3v) is 1.98. The summed E-state index contributed by atoms with van der Waals surface area (Å²) in [6.07, 6.45) is -3.81. The van der Waals surface area contributed by atoms with Crippen LogP contribution in [-0.4, -0.2) is 24.8 Å². The van der Waals surface area contributed by atoms with Crippen molar-refractivity contribution >= 4 is 11.6 Å². The minimum Gasteiger partial charge on any atom is -0.399 e. The summed E-state index contributed by atoms with van der Waals surface area (Å²) in [6.45, 7) is -1.41. The number of halogens is 4. The molecule has 0 bridgehead atoms. The molecule has 0 aliphatic rings. The van der Waals surface area contributed by atoms with E-state index in [-0.39, 0.29) is 5.56 Å². The molecule has 0 aromatic heterocycles. The third kappa shape index (κ3) is 3.61. The van der Waals surface area contributed by atoms with Crippen LogP contribution in [0.1, 0.15) is 10.4 Å². The second kappa shape index (κ2) is 5.03. The maximum absolute atomic E-state index is 12.5. The molecule has 0 unspecified atom stereocenters. The van der Waals surface area contributed by atoms with Gasteiger partial charge in [-0.05, 0) is 24.3 Å². The van der Waals surface area contributed by atoms with Crippen molar-refractivity contribution in [1.29, 1.82) is 0 Å². The van der Waals surface area contributed by atoms with E-state index in [9.17, 15) is 22.4 Å². The highest BCUT2D eigenvalue weighted by Gasteiger charge is 2.40. The van der Waals surface area contributed by atoms with Gasteiger partial charge in [0.05, 0.1) is 6.54 Å². The smallest absolute Gasteiger partial charge is 0.324 e. The number of nitrogens with one attached hydrogen (secondary N) is 1. The molecule has 3 N–H and O–H groups in total. The SMILES string of the molecule is Nc1ccc(C(=O)NCC(F)(F)C(F)F)cc1. The van der Waals surface area contributed by atoms with Crippen molar-refractivity contribution in [3.05, 3.63) is 29.8 Å². The number of alkyl halides is 4. The average molecular weight is 250 g/mol. The predicted molar refractivity (Wildman–Crippen MR) is 54.1 cm³/mol. The van der Waals surface area contributed by atoms with Crippen molar-refractivity contribution in [2.24, 2.45) is 0 Å². The molecule has 1 aromatic carbocycles. The van der Waals surface area contributed by atoms with E-state index in [0.29, 0.717) is 5.69 Å². The Morgan fingerprint density at radius 2 is 1.82 bits per heavy atom. The van der Waals surface area contributed by atoms with Crippen LogP contribution in [0.2, 0.25) is 0 Å². The van der Waals surface area contributed by atoms with Crippen molar-refractivity contribution in [2.45, 2.75) is 12.3 Å². The number of nitrogens with two attached hydrogens (primary N) is 1. The summed E-state index contributed by atoms with van der Waals surface area (Å²) in [5.74, 6) is -5.09. The summed E-state index contributed by atoms with van der Waals surface area (Å²) in [5.41, 5.74) is 5.83. The number of nitrogen functional groups attached to an aromatic ring is 1. The molecule has 1 aromatic rings. The molecule has 0 heterocycles. The van der Waals surface area contributed by atoms with Gasteiger partial charge in [-0.1, -0.05) is 0 Å². The van der Waals surface area contributed by atoms with Gasteiger partial charge in [0.25, 0.3) is 5.91 Å². The molecular formula is C10H10F4N2O. The van der Waals surface area contributed by atoms with Gasteiger partial charge in [0, 0.05) is 11.3 Å². The van der Waals surface area contributed by atoms with E-state index in [0.717, 1.165) is 0 Å². The first-order valence-electron chi connectivity index (χ1n) is 4.62. The summed E-state index contributed by atoms with van der Waals surface area (Å²) in [4.78, 5) is 11.3. The molecule has 94 valence electrons. The molecule has 0 radical (unpaired) electrons. The fourth-order valence-electron chi connectivity index (χ4n) is 1.01. The molecule has 0 aliphatic heterocycles. The summed E-state index contributed by atoms with van der Waals surface area (Å²) in [7, 11) is 0. The Morgan fingerprint density at radius 3 is 2.29 bits per heavy atom. The lowest BCUT2D eigenvalue weighted by Gasteiger charge is -2.15. The molecule has 0 fully saturated rings. The van der Waals surface area contributed by atoms with Crippen molar-refractivity contribution in [3.63, 3.8) is 0 Å².